The average molecular weight is 512 g/mol. The topological polar surface area (TPSA) is 81.0 Å². The molecule has 0 amide bonds. The molecule has 7 nitrogen and oxygen atoms in total. The molecule has 0 saturated carbocycles. The zero-order chi connectivity index (χ0) is 26.2. The van der Waals surface area contributed by atoms with Crippen molar-refractivity contribution in [1.82, 2.24) is 24.1 Å². The lowest BCUT2D eigenvalue weighted by Gasteiger charge is -2.17. The highest BCUT2D eigenvalue weighted by atomic mass is 32.2. The van der Waals surface area contributed by atoms with Crippen LogP contribution in [0.15, 0.2) is 90.0 Å². The van der Waals surface area contributed by atoms with Gasteiger partial charge in [-0.1, -0.05) is 67.9 Å². The van der Waals surface area contributed by atoms with Crippen molar-refractivity contribution in [2.75, 3.05) is 7.05 Å². The maximum Gasteiger partial charge on any atom is 0.243 e. The van der Waals surface area contributed by atoms with Gasteiger partial charge in [-0.3, -0.25) is 4.98 Å². The van der Waals surface area contributed by atoms with Gasteiger partial charge in [0.25, 0.3) is 0 Å². The van der Waals surface area contributed by atoms with E-state index in [1.54, 1.807) is 42.2 Å². The van der Waals surface area contributed by atoms with Crippen LogP contribution in [0, 0.1) is 6.92 Å². The third-order valence-electron chi connectivity index (χ3n) is 6.41. The van der Waals surface area contributed by atoms with Gasteiger partial charge in [0, 0.05) is 18.6 Å². The molecule has 2 aromatic heterocycles. The summed E-state index contributed by atoms with van der Waals surface area (Å²) in [6.07, 6.45) is 1.80. The minimum absolute atomic E-state index is 0.0443. The third-order valence-corrected chi connectivity index (χ3v) is 8.23. The molecule has 0 aliphatic carbocycles. The van der Waals surface area contributed by atoms with Crippen molar-refractivity contribution in [1.29, 1.82) is 0 Å². The highest BCUT2D eigenvalue weighted by molar-refractivity contribution is 7.89. The molecule has 5 aromatic rings. The largest absolute Gasteiger partial charge is 0.252 e. The summed E-state index contributed by atoms with van der Waals surface area (Å²) in [5.74, 6) is 1.28. The first-order valence-corrected chi connectivity index (χ1v) is 13.6. The number of nitrogens with zero attached hydrogens (tertiary/aromatic N) is 5. The molecule has 37 heavy (non-hydrogen) atoms. The second-order valence-corrected chi connectivity index (χ2v) is 11.5. The number of rotatable bonds is 7. The van der Waals surface area contributed by atoms with Gasteiger partial charge in [-0.05, 0) is 54.1 Å². The number of sulfonamides is 1. The summed E-state index contributed by atoms with van der Waals surface area (Å²) >= 11 is 0. The molecule has 0 spiro atoms. The van der Waals surface area contributed by atoms with Crippen LogP contribution < -0.4 is 0 Å². The number of hydrogen-bond acceptors (Lipinski definition) is 5. The quantitative estimate of drug-likeness (QED) is 0.279. The van der Waals surface area contributed by atoms with Crippen molar-refractivity contribution >= 4 is 20.8 Å². The van der Waals surface area contributed by atoms with Crippen LogP contribution >= 0.6 is 0 Å². The van der Waals surface area contributed by atoms with E-state index in [2.05, 4.69) is 31.0 Å². The van der Waals surface area contributed by atoms with Crippen molar-refractivity contribution in [3.8, 4) is 17.2 Å². The van der Waals surface area contributed by atoms with Crippen LogP contribution in [-0.4, -0.2) is 39.5 Å². The molecule has 5 rings (SSSR count). The molecular weight excluding hydrogens is 482 g/mol. The lowest BCUT2D eigenvalue weighted by atomic mass is 10.0. The summed E-state index contributed by atoms with van der Waals surface area (Å²) in [5, 5.41) is 6.86. The summed E-state index contributed by atoms with van der Waals surface area (Å²) in [7, 11) is -2.16. The summed E-state index contributed by atoms with van der Waals surface area (Å²) < 4.78 is 29.7. The minimum atomic E-state index is -3.72. The predicted molar refractivity (Wildman–Crippen MR) is 146 cm³/mol. The molecule has 0 N–H and O–H groups in total. The first kappa shape index (κ1) is 24.8. The number of fused-ring (bicyclic) bond motifs is 1. The van der Waals surface area contributed by atoms with E-state index in [1.807, 2.05) is 49.4 Å². The Morgan fingerprint density at radius 1 is 0.919 bits per heavy atom. The van der Waals surface area contributed by atoms with Crippen LogP contribution in [-0.2, 0) is 16.6 Å². The highest BCUT2D eigenvalue weighted by Crippen LogP contribution is 2.25. The summed E-state index contributed by atoms with van der Waals surface area (Å²) in [5.41, 5.74) is 3.61. The normalized spacial score (nSPS) is 12.1. The molecule has 3 aromatic carbocycles. The van der Waals surface area contributed by atoms with Gasteiger partial charge in [0.15, 0.2) is 0 Å². The molecule has 0 atom stereocenters. The first-order valence-electron chi connectivity index (χ1n) is 12.2. The van der Waals surface area contributed by atoms with E-state index in [0.29, 0.717) is 23.3 Å². The van der Waals surface area contributed by atoms with Crippen molar-refractivity contribution in [2.45, 2.75) is 38.1 Å². The zero-order valence-corrected chi connectivity index (χ0v) is 22.1. The molecule has 0 bridgehead atoms. The second kappa shape index (κ2) is 9.88. The number of aromatic nitrogens is 4. The average Bonchev–Trinajstić information content (AvgIpc) is 3.32. The van der Waals surface area contributed by atoms with Gasteiger partial charge >= 0.3 is 0 Å². The Labute approximate surface area is 217 Å². The maximum atomic E-state index is 13.3. The van der Waals surface area contributed by atoms with E-state index in [1.165, 1.54) is 4.31 Å². The third kappa shape index (κ3) is 5.03. The van der Waals surface area contributed by atoms with Gasteiger partial charge in [-0.15, -0.1) is 5.10 Å². The van der Waals surface area contributed by atoms with Crippen molar-refractivity contribution in [2.24, 2.45) is 0 Å². The smallest absolute Gasteiger partial charge is 0.243 e. The number of aryl methyl sites for hydroxylation is 1. The van der Waals surface area contributed by atoms with Crippen LogP contribution in [0.2, 0.25) is 0 Å². The summed E-state index contributed by atoms with van der Waals surface area (Å²) in [6, 6.07) is 24.9. The predicted octanol–water partition coefficient (Wildman–Crippen LogP) is 5.74. The van der Waals surface area contributed by atoms with E-state index in [4.69, 9.17) is 10.1 Å². The van der Waals surface area contributed by atoms with Gasteiger partial charge < -0.3 is 0 Å². The Hall–Kier alpha value is -3.88. The fourth-order valence-electron chi connectivity index (χ4n) is 4.16. The summed E-state index contributed by atoms with van der Waals surface area (Å²) in [6.45, 7) is 6.24. The Bertz CT molecular complexity index is 1670. The Kier molecular flexibility index (Phi) is 6.62. The molecule has 2 heterocycles. The van der Waals surface area contributed by atoms with Crippen LogP contribution in [0.3, 0.4) is 0 Å². The standard InChI is InChI=1S/C29H29N5O2S/c1-20(2)22-10-7-11-25(16-22)34-28(19-33(4)37(35,36)26-14-12-21(3)13-15-26)31-29(32-34)27-17-23-8-5-6-9-24(23)18-30-27/h5-18,20H,19H2,1-4H3. The molecule has 0 saturated heterocycles. The van der Waals surface area contributed by atoms with E-state index in [-0.39, 0.29) is 11.4 Å². The van der Waals surface area contributed by atoms with Gasteiger partial charge in [-0.2, -0.15) is 4.31 Å². The monoisotopic (exact) mass is 511 g/mol. The lowest BCUT2D eigenvalue weighted by molar-refractivity contribution is 0.452. The Balaban J connectivity index is 1.58. The van der Waals surface area contributed by atoms with E-state index in [9.17, 15) is 8.42 Å². The molecule has 8 heteroatoms. The van der Waals surface area contributed by atoms with Crippen LogP contribution in [0.1, 0.15) is 36.7 Å². The molecule has 0 radical (unpaired) electrons. The van der Waals surface area contributed by atoms with Crippen LogP contribution in [0.5, 0.6) is 0 Å². The minimum Gasteiger partial charge on any atom is -0.252 e. The van der Waals surface area contributed by atoms with Crippen molar-refractivity contribution in [3.63, 3.8) is 0 Å². The first-order chi connectivity index (χ1) is 17.7. The molecule has 0 fully saturated rings. The lowest BCUT2D eigenvalue weighted by Crippen LogP contribution is -2.28. The number of benzene rings is 3. The molecule has 0 unspecified atom stereocenters. The maximum absolute atomic E-state index is 13.3. The van der Waals surface area contributed by atoms with Gasteiger partial charge in [0.1, 0.15) is 11.5 Å². The van der Waals surface area contributed by atoms with Gasteiger partial charge in [-0.25, -0.2) is 18.1 Å². The Morgan fingerprint density at radius 3 is 2.38 bits per heavy atom. The molecule has 188 valence electrons. The molecule has 0 aliphatic heterocycles. The number of hydrogen-bond donors (Lipinski definition) is 0. The van der Waals surface area contributed by atoms with Crippen molar-refractivity contribution in [3.05, 3.63) is 102 Å². The van der Waals surface area contributed by atoms with E-state index < -0.39 is 10.0 Å². The van der Waals surface area contributed by atoms with Gasteiger partial charge in [0.2, 0.25) is 15.8 Å². The van der Waals surface area contributed by atoms with Crippen LogP contribution in [0.4, 0.5) is 0 Å². The molecular formula is C29H29N5O2S. The fraction of sp³-hybridized carbons (Fsp3) is 0.207. The van der Waals surface area contributed by atoms with Gasteiger partial charge in [0.05, 0.1) is 17.1 Å². The summed E-state index contributed by atoms with van der Waals surface area (Å²) in [4.78, 5) is 9.61. The Morgan fingerprint density at radius 2 is 1.65 bits per heavy atom. The zero-order valence-electron chi connectivity index (χ0n) is 21.3. The fourth-order valence-corrected chi connectivity index (χ4v) is 5.28. The van der Waals surface area contributed by atoms with E-state index in [0.717, 1.165) is 27.6 Å². The van der Waals surface area contributed by atoms with Crippen molar-refractivity contribution < 1.29 is 8.42 Å². The SMILES string of the molecule is Cc1ccc(S(=O)(=O)N(C)Cc2nc(-c3cc4ccccc4cn3)nn2-c2cccc(C(C)C)c2)cc1. The second-order valence-electron chi connectivity index (χ2n) is 9.50. The van der Waals surface area contributed by atoms with E-state index >= 15 is 0 Å². The highest BCUT2D eigenvalue weighted by Gasteiger charge is 2.24. The number of pyridine rings is 1. The van der Waals surface area contributed by atoms with Crippen LogP contribution in [0.25, 0.3) is 28.0 Å². The molecule has 0 aliphatic rings.